The lowest BCUT2D eigenvalue weighted by atomic mass is 10.2. The van der Waals surface area contributed by atoms with E-state index in [2.05, 4.69) is 5.32 Å². The molecular weight excluding hydrogens is 272 g/mol. The molecule has 0 saturated heterocycles. The van der Waals surface area contributed by atoms with Crippen LogP contribution >= 0.6 is 0 Å². The minimum atomic E-state index is -0.549. The molecule has 21 heavy (non-hydrogen) atoms. The molecule has 0 spiro atoms. The molecule has 2 heterocycles. The second kappa shape index (κ2) is 5.41. The molecule has 1 atom stereocenters. The van der Waals surface area contributed by atoms with Gasteiger partial charge in [-0.25, -0.2) is 0 Å². The molecule has 0 saturated carbocycles. The maximum atomic E-state index is 10.5. The van der Waals surface area contributed by atoms with Crippen LogP contribution in [0.15, 0.2) is 51.3 Å². The van der Waals surface area contributed by atoms with Gasteiger partial charge in [0.15, 0.2) is 0 Å². The number of furan rings is 2. The molecule has 0 aliphatic heterocycles. The minimum Gasteiger partial charge on any atom is -0.459 e. The van der Waals surface area contributed by atoms with Crippen LogP contribution < -0.4 is 5.32 Å². The van der Waals surface area contributed by atoms with E-state index < -0.39 is 4.92 Å². The summed E-state index contributed by atoms with van der Waals surface area (Å²) in [5, 5.41) is 14.8. The summed E-state index contributed by atoms with van der Waals surface area (Å²) in [5.74, 6) is 1.09. The summed E-state index contributed by atoms with van der Waals surface area (Å²) in [5.41, 5.74) is 0.842. The predicted molar refractivity (Wildman–Crippen MR) is 76.8 cm³/mol. The molecule has 0 aliphatic carbocycles. The second-order valence-electron chi connectivity index (χ2n) is 4.79. The van der Waals surface area contributed by atoms with Crippen LogP contribution in [-0.4, -0.2) is 4.92 Å². The molecule has 6 nitrogen and oxygen atoms in total. The Morgan fingerprint density at radius 1 is 1.24 bits per heavy atom. The molecule has 6 heteroatoms. The molecule has 0 amide bonds. The van der Waals surface area contributed by atoms with Crippen LogP contribution in [0.3, 0.4) is 0 Å². The van der Waals surface area contributed by atoms with Gasteiger partial charge in [0.25, 0.3) is 0 Å². The minimum absolute atomic E-state index is 0.0263. The van der Waals surface area contributed by atoms with E-state index in [-0.39, 0.29) is 11.9 Å². The van der Waals surface area contributed by atoms with Gasteiger partial charge in [0.05, 0.1) is 18.7 Å². The molecule has 3 rings (SSSR count). The van der Waals surface area contributed by atoms with Crippen molar-refractivity contribution in [2.45, 2.75) is 19.5 Å². The standard InChI is InChI=1S/C15H14N2O4/c1-10(14-8-11-4-2-3-5-13(11)21-14)16-9-12-6-7-15(20-12)17(18)19/h2-8,10,16H,9H2,1H3. The molecule has 2 aromatic heterocycles. The Bertz CT molecular complexity index is 742. The number of nitrogens with zero attached hydrogens (tertiary/aromatic N) is 1. The van der Waals surface area contributed by atoms with Crippen LogP contribution in [0.5, 0.6) is 0 Å². The highest BCUT2D eigenvalue weighted by Gasteiger charge is 2.14. The van der Waals surface area contributed by atoms with Crippen molar-refractivity contribution < 1.29 is 13.8 Å². The highest BCUT2D eigenvalue weighted by molar-refractivity contribution is 5.77. The van der Waals surface area contributed by atoms with Gasteiger partial charge in [-0.3, -0.25) is 10.1 Å². The third-order valence-corrected chi connectivity index (χ3v) is 3.28. The first kappa shape index (κ1) is 13.4. The van der Waals surface area contributed by atoms with Gasteiger partial charge >= 0.3 is 5.88 Å². The quantitative estimate of drug-likeness (QED) is 0.570. The predicted octanol–water partition coefficient (Wildman–Crippen LogP) is 3.78. The fourth-order valence-electron chi connectivity index (χ4n) is 2.13. The van der Waals surface area contributed by atoms with Gasteiger partial charge in [0, 0.05) is 5.39 Å². The van der Waals surface area contributed by atoms with Gasteiger partial charge in [-0.1, -0.05) is 18.2 Å². The fraction of sp³-hybridized carbons (Fsp3) is 0.200. The van der Waals surface area contributed by atoms with Crippen molar-refractivity contribution in [3.05, 3.63) is 64.1 Å². The van der Waals surface area contributed by atoms with Gasteiger partial charge in [0.1, 0.15) is 22.0 Å². The summed E-state index contributed by atoms with van der Waals surface area (Å²) in [6, 6.07) is 12.7. The highest BCUT2D eigenvalue weighted by atomic mass is 16.6. The molecule has 3 aromatic rings. The van der Waals surface area contributed by atoms with Crippen molar-refractivity contribution in [3.63, 3.8) is 0 Å². The van der Waals surface area contributed by atoms with E-state index in [1.807, 2.05) is 37.3 Å². The third kappa shape index (κ3) is 2.80. The summed E-state index contributed by atoms with van der Waals surface area (Å²) >= 11 is 0. The van der Waals surface area contributed by atoms with E-state index in [9.17, 15) is 10.1 Å². The Kier molecular flexibility index (Phi) is 3.45. The lowest BCUT2D eigenvalue weighted by molar-refractivity contribution is -0.402. The smallest absolute Gasteiger partial charge is 0.433 e. The zero-order valence-corrected chi connectivity index (χ0v) is 11.4. The van der Waals surface area contributed by atoms with Gasteiger partial charge in [-0.2, -0.15) is 0 Å². The third-order valence-electron chi connectivity index (χ3n) is 3.28. The van der Waals surface area contributed by atoms with Crippen LogP contribution in [0.4, 0.5) is 5.88 Å². The zero-order chi connectivity index (χ0) is 14.8. The Morgan fingerprint density at radius 3 is 2.76 bits per heavy atom. The maximum absolute atomic E-state index is 10.5. The number of nitro groups is 1. The van der Waals surface area contributed by atoms with Gasteiger partial charge < -0.3 is 14.2 Å². The Balaban J connectivity index is 1.67. The Morgan fingerprint density at radius 2 is 2.05 bits per heavy atom. The molecular formula is C15H14N2O4. The van der Waals surface area contributed by atoms with Crippen LogP contribution in [0.25, 0.3) is 11.0 Å². The topological polar surface area (TPSA) is 81.5 Å². The number of para-hydroxylation sites is 1. The molecule has 1 unspecified atom stereocenters. The first-order chi connectivity index (χ1) is 10.1. The van der Waals surface area contributed by atoms with Gasteiger partial charge in [-0.05, 0) is 25.1 Å². The van der Waals surface area contributed by atoms with Crippen molar-refractivity contribution in [2.75, 3.05) is 0 Å². The van der Waals surface area contributed by atoms with Crippen molar-refractivity contribution in [2.24, 2.45) is 0 Å². The van der Waals surface area contributed by atoms with E-state index in [0.717, 1.165) is 16.7 Å². The van der Waals surface area contributed by atoms with E-state index >= 15 is 0 Å². The second-order valence-corrected chi connectivity index (χ2v) is 4.79. The molecule has 0 bridgehead atoms. The van der Waals surface area contributed by atoms with Crippen LogP contribution in [0, 0.1) is 10.1 Å². The normalized spacial score (nSPS) is 12.6. The van der Waals surface area contributed by atoms with Crippen molar-refractivity contribution in [3.8, 4) is 0 Å². The molecule has 0 radical (unpaired) electrons. The van der Waals surface area contributed by atoms with Crippen molar-refractivity contribution in [1.29, 1.82) is 0 Å². The zero-order valence-electron chi connectivity index (χ0n) is 11.4. The summed E-state index contributed by atoms with van der Waals surface area (Å²) in [4.78, 5) is 10.0. The fourth-order valence-corrected chi connectivity index (χ4v) is 2.13. The monoisotopic (exact) mass is 286 g/mol. The van der Waals surface area contributed by atoms with Crippen LogP contribution in [-0.2, 0) is 6.54 Å². The average Bonchev–Trinajstić information content (AvgIpc) is 3.11. The molecule has 0 fully saturated rings. The van der Waals surface area contributed by atoms with E-state index in [4.69, 9.17) is 8.83 Å². The SMILES string of the molecule is CC(NCc1ccc([N+](=O)[O-])o1)c1cc2ccccc2o1. The van der Waals surface area contributed by atoms with Gasteiger partial charge in [0.2, 0.25) is 0 Å². The molecule has 108 valence electrons. The lowest BCUT2D eigenvalue weighted by Crippen LogP contribution is -2.17. The number of hydrogen-bond acceptors (Lipinski definition) is 5. The molecule has 1 N–H and O–H groups in total. The molecule has 1 aromatic carbocycles. The summed E-state index contributed by atoms with van der Waals surface area (Å²) < 4.78 is 10.9. The van der Waals surface area contributed by atoms with E-state index in [1.54, 1.807) is 6.07 Å². The van der Waals surface area contributed by atoms with Crippen molar-refractivity contribution >= 4 is 16.9 Å². The number of fused-ring (bicyclic) bond motifs is 1. The van der Waals surface area contributed by atoms with E-state index in [0.29, 0.717) is 12.3 Å². The number of nitrogens with one attached hydrogen (secondary N) is 1. The summed E-state index contributed by atoms with van der Waals surface area (Å²) in [6.45, 7) is 2.36. The molecule has 0 aliphatic rings. The summed E-state index contributed by atoms with van der Waals surface area (Å²) in [7, 11) is 0. The lowest BCUT2D eigenvalue weighted by Gasteiger charge is -2.09. The number of rotatable bonds is 5. The first-order valence-electron chi connectivity index (χ1n) is 6.58. The Hall–Kier alpha value is -2.60. The highest BCUT2D eigenvalue weighted by Crippen LogP contribution is 2.24. The Labute approximate surface area is 120 Å². The van der Waals surface area contributed by atoms with Crippen molar-refractivity contribution in [1.82, 2.24) is 5.32 Å². The largest absolute Gasteiger partial charge is 0.459 e. The number of hydrogen-bond donors (Lipinski definition) is 1. The first-order valence-corrected chi connectivity index (χ1v) is 6.58. The average molecular weight is 286 g/mol. The van der Waals surface area contributed by atoms with Gasteiger partial charge in [-0.15, -0.1) is 0 Å². The number of benzene rings is 1. The van der Waals surface area contributed by atoms with E-state index in [1.165, 1.54) is 6.07 Å². The van der Waals surface area contributed by atoms with Crippen LogP contribution in [0.1, 0.15) is 24.5 Å². The van der Waals surface area contributed by atoms with Crippen LogP contribution in [0.2, 0.25) is 0 Å². The maximum Gasteiger partial charge on any atom is 0.433 e. The summed E-state index contributed by atoms with van der Waals surface area (Å²) in [6.07, 6.45) is 0.